The first-order valence-electron chi connectivity index (χ1n) is 9.77. The third kappa shape index (κ3) is 3.48. The molecule has 0 aliphatic heterocycles. The van der Waals surface area contributed by atoms with Gasteiger partial charge in [0.25, 0.3) is 0 Å². The molecule has 0 fully saturated rings. The van der Waals surface area contributed by atoms with Gasteiger partial charge in [-0.05, 0) is 34.4 Å². The lowest BCUT2D eigenvalue weighted by molar-refractivity contribution is 0.0696. The summed E-state index contributed by atoms with van der Waals surface area (Å²) in [5.74, 6) is -0.701. The number of alkyl carbamates (subject to hydrolysis) is 1. The maximum absolute atomic E-state index is 12.3. The minimum absolute atomic E-state index is 0.0130. The smallest absolute Gasteiger partial charge is 0.407 e. The predicted octanol–water partition coefficient (Wildman–Crippen LogP) is 3.47. The molecule has 0 saturated heterocycles. The molecule has 0 spiro atoms. The summed E-state index contributed by atoms with van der Waals surface area (Å²) in [5.41, 5.74) is 5.23. The van der Waals surface area contributed by atoms with Crippen LogP contribution in [0.15, 0.2) is 66.9 Å². The van der Waals surface area contributed by atoms with Crippen molar-refractivity contribution in [2.75, 3.05) is 6.61 Å². The van der Waals surface area contributed by atoms with Crippen LogP contribution >= 0.6 is 0 Å². The van der Waals surface area contributed by atoms with E-state index in [0.29, 0.717) is 11.5 Å². The van der Waals surface area contributed by atoms with Gasteiger partial charge in [-0.3, -0.25) is 0 Å². The number of carboxylic acids is 1. The van der Waals surface area contributed by atoms with Crippen LogP contribution in [0, 0.1) is 0 Å². The molecular formula is C23H18N4O4. The van der Waals surface area contributed by atoms with Crippen molar-refractivity contribution in [3.63, 3.8) is 0 Å². The zero-order valence-electron chi connectivity index (χ0n) is 16.4. The van der Waals surface area contributed by atoms with Crippen molar-refractivity contribution in [1.29, 1.82) is 0 Å². The lowest BCUT2D eigenvalue weighted by Gasteiger charge is -2.14. The van der Waals surface area contributed by atoms with Gasteiger partial charge in [0.2, 0.25) is 0 Å². The number of hydrogen-bond donors (Lipinski definition) is 2. The van der Waals surface area contributed by atoms with Gasteiger partial charge in [0, 0.05) is 12.1 Å². The van der Waals surface area contributed by atoms with Crippen LogP contribution in [-0.4, -0.2) is 38.4 Å². The zero-order chi connectivity index (χ0) is 21.4. The van der Waals surface area contributed by atoms with E-state index in [-0.39, 0.29) is 24.6 Å². The monoisotopic (exact) mass is 414 g/mol. The molecule has 154 valence electrons. The Kier molecular flexibility index (Phi) is 4.59. The van der Waals surface area contributed by atoms with Crippen molar-refractivity contribution in [3.8, 4) is 11.1 Å². The van der Waals surface area contributed by atoms with Crippen molar-refractivity contribution in [2.24, 2.45) is 0 Å². The zero-order valence-corrected chi connectivity index (χ0v) is 16.4. The van der Waals surface area contributed by atoms with Gasteiger partial charge in [0.05, 0.1) is 12.1 Å². The van der Waals surface area contributed by atoms with Gasteiger partial charge in [0.15, 0.2) is 11.5 Å². The number of fused-ring (bicyclic) bond motifs is 4. The molecule has 0 bridgehead atoms. The number of carbonyl (C=O) groups excluding carboxylic acids is 1. The molecule has 2 aromatic heterocycles. The van der Waals surface area contributed by atoms with Gasteiger partial charge in [-0.2, -0.15) is 0 Å². The molecule has 1 aliphatic rings. The highest BCUT2D eigenvalue weighted by Gasteiger charge is 2.29. The summed E-state index contributed by atoms with van der Waals surface area (Å²) in [6.45, 7) is 0.293. The Morgan fingerprint density at radius 2 is 1.68 bits per heavy atom. The first-order chi connectivity index (χ1) is 15.1. The summed E-state index contributed by atoms with van der Waals surface area (Å²) in [6.07, 6.45) is 0.813. The van der Waals surface area contributed by atoms with Crippen molar-refractivity contribution in [2.45, 2.75) is 12.5 Å². The van der Waals surface area contributed by atoms with Gasteiger partial charge >= 0.3 is 12.1 Å². The third-order valence-electron chi connectivity index (χ3n) is 5.36. The van der Waals surface area contributed by atoms with Gasteiger partial charge in [-0.1, -0.05) is 48.5 Å². The molecule has 0 saturated carbocycles. The fourth-order valence-corrected chi connectivity index (χ4v) is 3.93. The number of nitrogens with one attached hydrogen (secondary N) is 1. The van der Waals surface area contributed by atoms with Crippen molar-refractivity contribution in [3.05, 3.63) is 89.4 Å². The van der Waals surface area contributed by atoms with E-state index in [0.717, 1.165) is 11.1 Å². The number of carboxylic acid groups (broad SMARTS) is 1. The Hall–Kier alpha value is -4.20. The molecule has 1 amide bonds. The highest BCUT2D eigenvalue weighted by molar-refractivity contribution is 5.87. The fourth-order valence-electron chi connectivity index (χ4n) is 3.93. The summed E-state index contributed by atoms with van der Waals surface area (Å²) < 4.78 is 6.87. The Bertz CT molecular complexity index is 1270. The molecule has 2 N–H and O–H groups in total. The van der Waals surface area contributed by atoms with Crippen LogP contribution in [0.1, 0.15) is 33.2 Å². The van der Waals surface area contributed by atoms with Gasteiger partial charge in [-0.15, -0.1) is 5.10 Å². The van der Waals surface area contributed by atoms with E-state index in [1.807, 2.05) is 24.3 Å². The van der Waals surface area contributed by atoms with E-state index in [4.69, 9.17) is 9.84 Å². The molecule has 2 aromatic carbocycles. The van der Waals surface area contributed by atoms with Gasteiger partial charge in [0.1, 0.15) is 6.61 Å². The van der Waals surface area contributed by atoms with Crippen LogP contribution in [0.25, 0.3) is 16.8 Å². The van der Waals surface area contributed by atoms with E-state index < -0.39 is 12.1 Å². The average Bonchev–Trinajstić information content (AvgIpc) is 3.34. The lowest BCUT2D eigenvalue weighted by atomic mass is 9.98. The predicted molar refractivity (Wildman–Crippen MR) is 112 cm³/mol. The van der Waals surface area contributed by atoms with Crippen LogP contribution in [0.3, 0.4) is 0 Å². The molecule has 0 radical (unpaired) electrons. The molecule has 8 nitrogen and oxygen atoms in total. The summed E-state index contributed by atoms with van der Waals surface area (Å²) in [7, 11) is 0. The number of carbonyl (C=O) groups is 2. The quantitative estimate of drug-likeness (QED) is 0.518. The van der Waals surface area contributed by atoms with Crippen molar-refractivity contribution in [1.82, 2.24) is 19.9 Å². The standard InChI is InChI=1S/C23H18N4O4/c28-22(29)14-9-10-21-25-20(26-27(21)12-14)11-24-23(30)31-13-19-17-7-3-1-5-15(17)16-6-2-4-8-18(16)19/h1-10,12,19H,11,13H2,(H,24,30)(H,28,29). The number of aromatic carboxylic acids is 1. The summed E-state index contributed by atoms with van der Waals surface area (Å²) >= 11 is 0. The van der Waals surface area contributed by atoms with Crippen molar-refractivity contribution >= 4 is 17.7 Å². The largest absolute Gasteiger partial charge is 0.478 e. The Morgan fingerprint density at radius 1 is 1.00 bits per heavy atom. The van der Waals surface area contributed by atoms with Gasteiger partial charge < -0.3 is 15.2 Å². The second-order valence-electron chi connectivity index (χ2n) is 7.23. The average molecular weight is 414 g/mol. The summed E-state index contributed by atoms with van der Waals surface area (Å²) in [5, 5.41) is 15.9. The summed E-state index contributed by atoms with van der Waals surface area (Å²) in [4.78, 5) is 27.6. The molecule has 0 unspecified atom stereocenters. The van der Waals surface area contributed by atoms with E-state index in [9.17, 15) is 9.59 Å². The number of nitrogens with zero attached hydrogens (tertiary/aromatic N) is 3. The van der Waals surface area contributed by atoms with Crippen LogP contribution in [-0.2, 0) is 11.3 Å². The SMILES string of the molecule is O=C(NCc1nc2ccc(C(=O)O)cn2n1)OCC1c2ccccc2-c2ccccc21. The van der Waals surface area contributed by atoms with Crippen LogP contribution < -0.4 is 5.32 Å². The highest BCUT2D eigenvalue weighted by Crippen LogP contribution is 2.44. The van der Waals surface area contributed by atoms with Crippen LogP contribution in [0.4, 0.5) is 4.79 Å². The van der Waals surface area contributed by atoms with Gasteiger partial charge in [-0.25, -0.2) is 19.1 Å². The summed E-state index contributed by atoms with van der Waals surface area (Å²) in [6, 6.07) is 19.3. The van der Waals surface area contributed by atoms with Crippen LogP contribution in [0.2, 0.25) is 0 Å². The number of pyridine rings is 1. The van der Waals surface area contributed by atoms with Crippen molar-refractivity contribution < 1.29 is 19.4 Å². The number of benzene rings is 2. The topological polar surface area (TPSA) is 106 Å². The second kappa shape index (κ2) is 7.56. The lowest BCUT2D eigenvalue weighted by Crippen LogP contribution is -2.26. The number of hydrogen-bond acceptors (Lipinski definition) is 5. The molecule has 5 rings (SSSR count). The normalized spacial score (nSPS) is 12.4. The third-order valence-corrected chi connectivity index (χ3v) is 5.36. The van der Waals surface area contributed by atoms with E-state index in [2.05, 4.69) is 39.7 Å². The molecule has 1 aliphatic carbocycles. The Morgan fingerprint density at radius 3 is 2.35 bits per heavy atom. The maximum Gasteiger partial charge on any atom is 0.407 e. The second-order valence-corrected chi connectivity index (χ2v) is 7.23. The van der Waals surface area contributed by atoms with E-state index >= 15 is 0 Å². The molecule has 31 heavy (non-hydrogen) atoms. The highest BCUT2D eigenvalue weighted by atomic mass is 16.5. The Labute approximate surface area is 177 Å². The molecule has 4 aromatic rings. The first-order valence-corrected chi connectivity index (χ1v) is 9.77. The number of aromatic nitrogens is 3. The van der Waals surface area contributed by atoms with Crippen LogP contribution in [0.5, 0.6) is 0 Å². The number of rotatable bonds is 5. The fraction of sp³-hybridized carbons (Fsp3) is 0.130. The number of ether oxygens (including phenoxy) is 1. The molecular weight excluding hydrogens is 396 g/mol. The van der Waals surface area contributed by atoms with E-state index in [1.165, 1.54) is 27.9 Å². The maximum atomic E-state index is 12.3. The molecule has 0 atom stereocenters. The van der Waals surface area contributed by atoms with E-state index in [1.54, 1.807) is 6.07 Å². The minimum atomic E-state index is -1.05. The first kappa shape index (κ1) is 18.8. The minimum Gasteiger partial charge on any atom is -0.478 e. The molecule has 2 heterocycles. The number of amides is 1. The molecule has 8 heteroatoms. The Balaban J connectivity index is 1.24.